The Balaban J connectivity index is 1.93. The van der Waals surface area contributed by atoms with E-state index in [9.17, 15) is 13.2 Å². The van der Waals surface area contributed by atoms with Crippen LogP contribution in [0.15, 0.2) is 52.4 Å². The molecule has 3 rings (SSSR count). The summed E-state index contributed by atoms with van der Waals surface area (Å²) in [6, 6.07) is 11.8. The highest BCUT2D eigenvalue weighted by atomic mass is 32.2. The van der Waals surface area contributed by atoms with Gasteiger partial charge >= 0.3 is 0 Å². The van der Waals surface area contributed by atoms with E-state index in [4.69, 9.17) is 0 Å². The van der Waals surface area contributed by atoms with Gasteiger partial charge in [-0.1, -0.05) is 43.7 Å². The Morgan fingerprint density at radius 2 is 1.86 bits per heavy atom. The van der Waals surface area contributed by atoms with Crippen molar-refractivity contribution in [3.8, 4) is 0 Å². The maximum atomic E-state index is 13.0. The molecule has 28 heavy (non-hydrogen) atoms. The van der Waals surface area contributed by atoms with E-state index < -0.39 is 16.1 Å². The molecule has 0 bridgehead atoms. The van der Waals surface area contributed by atoms with Gasteiger partial charge in [-0.05, 0) is 49.9 Å². The smallest absolute Gasteiger partial charge is 0.263 e. The van der Waals surface area contributed by atoms with Crippen molar-refractivity contribution >= 4 is 27.5 Å². The molecule has 2 aromatic rings. The molecule has 1 atom stereocenters. The molecule has 0 saturated heterocycles. The Morgan fingerprint density at radius 3 is 2.54 bits per heavy atom. The van der Waals surface area contributed by atoms with Crippen LogP contribution < -0.4 is 10.0 Å². The number of hydrogen-bond acceptors (Lipinski definition) is 4. The highest BCUT2D eigenvalue weighted by molar-refractivity contribution is 7.90. The van der Waals surface area contributed by atoms with E-state index in [-0.39, 0.29) is 22.6 Å². The Labute approximate surface area is 166 Å². The molecule has 0 spiro atoms. The molecule has 1 unspecified atom stereocenters. The average Bonchev–Trinajstić information content (AvgIpc) is 2.87. The van der Waals surface area contributed by atoms with E-state index in [0.717, 1.165) is 16.8 Å². The van der Waals surface area contributed by atoms with Crippen LogP contribution in [0.25, 0.3) is 0 Å². The summed E-state index contributed by atoms with van der Waals surface area (Å²) in [5, 5.41) is 2.94. The molecule has 1 aliphatic heterocycles. The molecule has 2 aromatic carbocycles. The second-order valence-corrected chi connectivity index (χ2v) is 9.18. The summed E-state index contributed by atoms with van der Waals surface area (Å²) in [7, 11) is -3.64. The van der Waals surface area contributed by atoms with Crippen LogP contribution in [-0.4, -0.2) is 26.2 Å². The van der Waals surface area contributed by atoms with Gasteiger partial charge in [0.15, 0.2) is 0 Å². The monoisotopic (exact) mass is 399 g/mol. The Bertz CT molecular complexity index is 1040. The van der Waals surface area contributed by atoms with Crippen LogP contribution in [0.1, 0.15) is 37.0 Å². The normalized spacial score (nSPS) is 17.2. The number of carbonyl (C=O) groups excluding carboxylic acids is 1. The number of benzene rings is 2. The van der Waals surface area contributed by atoms with Crippen molar-refractivity contribution in [1.29, 1.82) is 0 Å². The van der Waals surface area contributed by atoms with Gasteiger partial charge < -0.3 is 5.32 Å². The lowest BCUT2D eigenvalue weighted by Gasteiger charge is -2.17. The minimum Gasteiger partial charge on any atom is -0.324 e. The first-order chi connectivity index (χ1) is 13.2. The molecule has 1 heterocycles. The number of nitrogens with zero attached hydrogens (tertiary/aromatic N) is 1. The van der Waals surface area contributed by atoms with E-state index in [2.05, 4.69) is 15.0 Å². The molecular weight excluding hydrogens is 374 g/mol. The SMILES string of the molecule is Cc1ccc(NC(=O)C(CC(C)C)N=C2NS(=O)(=O)c3ccccc32)c(C)c1. The van der Waals surface area contributed by atoms with Gasteiger partial charge in [0.2, 0.25) is 5.91 Å². The highest BCUT2D eigenvalue weighted by Crippen LogP contribution is 2.24. The zero-order chi connectivity index (χ0) is 20.5. The summed E-state index contributed by atoms with van der Waals surface area (Å²) in [4.78, 5) is 17.6. The predicted molar refractivity (Wildman–Crippen MR) is 111 cm³/mol. The maximum absolute atomic E-state index is 13.0. The minimum atomic E-state index is -3.64. The van der Waals surface area contributed by atoms with Gasteiger partial charge in [-0.15, -0.1) is 0 Å². The summed E-state index contributed by atoms with van der Waals surface area (Å²) in [6.07, 6.45) is 0.504. The number of aliphatic imine (C=N–C) groups is 1. The number of sulfonamides is 1. The molecule has 2 N–H and O–H groups in total. The standard InChI is InChI=1S/C21H25N3O3S/c1-13(2)11-18(21(25)23-17-10-9-14(3)12-15(17)4)22-20-16-7-5-6-8-19(16)28(26,27)24-20/h5-10,12-13,18H,11H2,1-4H3,(H,22,24)(H,23,25). The minimum absolute atomic E-state index is 0.187. The van der Waals surface area contributed by atoms with Crippen LogP contribution in [0, 0.1) is 19.8 Å². The van der Waals surface area contributed by atoms with E-state index in [1.165, 1.54) is 6.07 Å². The zero-order valence-corrected chi connectivity index (χ0v) is 17.3. The Morgan fingerprint density at radius 1 is 1.14 bits per heavy atom. The first kappa shape index (κ1) is 20.1. The Kier molecular flexibility index (Phi) is 5.56. The van der Waals surface area contributed by atoms with Gasteiger partial charge in [0, 0.05) is 11.3 Å². The maximum Gasteiger partial charge on any atom is 0.263 e. The predicted octanol–water partition coefficient (Wildman–Crippen LogP) is 3.40. The molecule has 0 radical (unpaired) electrons. The third-order valence-electron chi connectivity index (χ3n) is 4.58. The van der Waals surface area contributed by atoms with Crippen LogP contribution in [0.2, 0.25) is 0 Å². The lowest BCUT2D eigenvalue weighted by molar-refractivity contribution is -0.117. The average molecular weight is 400 g/mol. The molecule has 0 aliphatic carbocycles. The number of hydrogen-bond donors (Lipinski definition) is 2. The number of anilines is 1. The van der Waals surface area contributed by atoms with Crippen molar-refractivity contribution in [2.75, 3.05) is 5.32 Å². The largest absolute Gasteiger partial charge is 0.324 e. The van der Waals surface area contributed by atoms with E-state index in [0.29, 0.717) is 12.0 Å². The molecule has 1 aliphatic rings. The van der Waals surface area contributed by atoms with Crippen LogP contribution >= 0.6 is 0 Å². The second-order valence-electron chi connectivity index (χ2n) is 7.53. The van der Waals surface area contributed by atoms with Crippen molar-refractivity contribution < 1.29 is 13.2 Å². The quantitative estimate of drug-likeness (QED) is 0.808. The first-order valence-corrected chi connectivity index (χ1v) is 10.7. The molecule has 148 valence electrons. The molecule has 6 nitrogen and oxygen atoms in total. The van der Waals surface area contributed by atoms with E-state index >= 15 is 0 Å². The number of amidine groups is 1. The van der Waals surface area contributed by atoms with Crippen LogP contribution in [0.5, 0.6) is 0 Å². The van der Waals surface area contributed by atoms with Gasteiger partial charge in [0.1, 0.15) is 11.9 Å². The number of fused-ring (bicyclic) bond motifs is 1. The summed E-state index contributed by atoms with van der Waals surface area (Å²) in [5.41, 5.74) is 3.31. The summed E-state index contributed by atoms with van der Waals surface area (Å²) < 4.78 is 27.1. The topological polar surface area (TPSA) is 87.6 Å². The van der Waals surface area contributed by atoms with E-state index in [1.54, 1.807) is 18.2 Å². The van der Waals surface area contributed by atoms with Gasteiger partial charge in [0.25, 0.3) is 10.0 Å². The summed E-state index contributed by atoms with van der Waals surface area (Å²) in [5.74, 6) is 0.182. The van der Waals surface area contributed by atoms with Crippen LogP contribution in [0.3, 0.4) is 0 Å². The molecule has 1 amide bonds. The van der Waals surface area contributed by atoms with Crippen molar-refractivity contribution in [1.82, 2.24) is 4.72 Å². The fourth-order valence-electron chi connectivity index (χ4n) is 3.22. The number of rotatable bonds is 5. The van der Waals surface area contributed by atoms with Gasteiger partial charge in [0.05, 0.1) is 4.90 Å². The fraction of sp³-hybridized carbons (Fsp3) is 0.333. The third kappa shape index (κ3) is 4.25. The Hall–Kier alpha value is -2.67. The molecule has 0 saturated carbocycles. The first-order valence-electron chi connectivity index (χ1n) is 9.25. The highest BCUT2D eigenvalue weighted by Gasteiger charge is 2.32. The fourth-order valence-corrected chi connectivity index (χ4v) is 4.46. The van der Waals surface area contributed by atoms with Gasteiger partial charge in [-0.25, -0.2) is 8.42 Å². The number of amides is 1. The molecule has 0 aromatic heterocycles. The second kappa shape index (κ2) is 7.75. The summed E-state index contributed by atoms with van der Waals surface area (Å²) >= 11 is 0. The lowest BCUT2D eigenvalue weighted by Crippen LogP contribution is -2.32. The van der Waals surface area contributed by atoms with Gasteiger partial charge in [-0.2, -0.15) is 0 Å². The van der Waals surface area contributed by atoms with Crippen LogP contribution in [-0.2, 0) is 14.8 Å². The third-order valence-corrected chi connectivity index (χ3v) is 5.98. The van der Waals surface area contributed by atoms with E-state index in [1.807, 2.05) is 45.9 Å². The lowest BCUT2D eigenvalue weighted by atomic mass is 10.0. The van der Waals surface area contributed by atoms with Crippen molar-refractivity contribution in [3.63, 3.8) is 0 Å². The molecular formula is C21H25N3O3S. The number of carbonyl (C=O) groups is 1. The molecule has 0 fully saturated rings. The van der Waals surface area contributed by atoms with Crippen LogP contribution in [0.4, 0.5) is 5.69 Å². The summed E-state index contributed by atoms with van der Waals surface area (Å²) in [6.45, 7) is 7.94. The van der Waals surface area contributed by atoms with Crippen molar-refractivity contribution in [2.45, 2.75) is 45.1 Å². The van der Waals surface area contributed by atoms with Gasteiger partial charge in [-0.3, -0.25) is 14.5 Å². The van der Waals surface area contributed by atoms with Crippen molar-refractivity contribution in [3.05, 3.63) is 59.2 Å². The number of nitrogens with one attached hydrogen (secondary N) is 2. The molecule has 7 heteroatoms. The zero-order valence-electron chi connectivity index (χ0n) is 16.5. The number of aryl methyl sites for hydroxylation is 2. The van der Waals surface area contributed by atoms with Crippen molar-refractivity contribution in [2.24, 2.45) is 10.9 Å².